The number of phenolic OH excluding ortho intramolecular Hbond substituents is 2. The molecule has 2 aliphatic carbocycles. The van der Waals surface area contributed by atoms with Gasteiger partial charge in [-0.2, -0.15) is 0 Å². The first kappa shape index (κ1) is 29.5. The van der Waals surface area contributed by atoms with E-state index in [1.807, 2.05) is 18.2 Å². The third-order valence-electron chi connectivity index (χ3n) is 9.45. The van der Waals surface area contributed by atoms with Crippen molar-refractivity contribution in [3.05, 3.63) is 58.7 Å². The van der Waals surface area contributed by atoms with Crippen LogP contribution in [-0.4, -0.2) is 41.7 Å². The molecular weight excluding hydrogens is 544 g/mol. The van der Waals surface area contributed by atoms with Gasteiger partial charge in [0, 0.05) is 29.2 Å². The summed E-state index contributed by atoms with van der Waals surface area (Å²) in [6, 6.07) is 11.1. The third kappa shape index (κ3) is 5.72. The lowest BCUT2D eigenvalue weighted by atomic mass is 9.73. The maximum absolute atomic E-state index is 11.6. The highest BCUT2D eigenvalue weighted by Gasteiger charge is 2.38. The minimum absolute atomic E-state index is 0.0320. The molecule has 1 fully saturated rings. The van der Waals surface area contributed by atoms with E-state index >= 15 is 0 Å². The number of phenols is 2. The molecule has 3 aromatic rings. The van der Waals surface area contributed by atoms with E-state index in [2.05, 4.69) is 13.8 Å². The largest absolute Gasteiger partial charge is 0.508 e. The second kappa shape index (κ2) is 12.2. The average Bonchev–Trinajstić information content (AvgIpc) is 3.00. The number of hydrogen-bond donors (Lipinski definition) is 3. The maximum atomic E-state index is 11.6. The zero-order valence-electron chi connectivity index (χ0n) is 25.7. The van der Waals surface area contributed by atoms with Crippen molar-refractivity contribution in [3.63, 3.8) is 0 Å². The topological polar surface area (TPSA) is 97.6 Å². The van der Waals surface area contributed by atoms with E-state index in [1.54, 1.807) is 25.3 Å². The van der Waals surface area contributed by atoms with Crippen molar-refractivity contribution in [1.29, 1.82) is 0 Å². The lowest BCUT2D eigenvalue weighted by molar-refractivity contribution is 0.0199. The number of ether oxygens (including phenoxy) is 4. The van der Waals surface area contributed by atoms with Crippen molar-refractivity contribution in [2.45, 2.75) is 95.9 Å². The molecule has 3 N–H and O–H groups in total. The van der Waals surface area contributed by atoms with Gasteiger partial charge < -0.3 is 34.3 Å². The first-order valence-corrected chi connectivity index (χ1v) is 15.8. The molecule has 7 nitrogen and oxygen atoms in total. The standard InChI is InChI=1S/C36H44O7/c1-20(2)10-11-21-14-28-27-18-29(38)36(22-15-32(41-4)35(39)33(16-22)42-24-8-6-5-7-9-24)43-30(27)19-31(40-3)34(28)25-13-12-23(37)17-26(21)25/h12-13,15-17,19-21,24,29,36-39H,5-11,14,18H2,1-4H3/t21-,29+,36-/m0/s1. The highest BCUT2D eigenvalue weighted by atomic mass is 16.5. The van der Waals surface area contributed by atoms with Crippen molar-refractivity contribution in [2.24, 2.45) is 5.92 Å². The molecular formula is C36H44O7. The van der Waals surface area contributed by atoms with E-state index in [9.17, 15) is 15.3 Å². The number of methoxy groups -OCH3 is 2. The molecule has 1 heterocycles. The Morgan fingerprint density at radius 2 is 1.63 bits per heavy atom. The fourth-order valence-electron chi connectivity index (χ4n) is 7.20. The summed E-state index contributed by atoms with van der Waals surface area (Å²) in [6.45, 7) is 4.47. The summed E-state index contributed by atoms with van der Waals surface area (Å²) >= 11 is 0. The number of aliphatic hydroxyl groups is 1. The first-order chi connectivity index (χ1) is 20.8. The molecule has 0 bridgehead atoms. The van der Waals surface area contributed by atoms with Crippen LogP contribution in [0.2, 0.25) is 0 Å². The molecule has 7 heteroatoms. The molecule has 0 amide bonds. The minimum atomic E-state index is -0.822. The van der Waals surface area contributed by atoms with E-state index in [1.165, 1.54) is 13.5 Å². The van der Waals surface area contributed by atoms with Gasteiger partial charge in [-0.1, -0.05) is 32.8 Å². The summed E-state index contributed by atoms with van der Waals surface area (Å²) in [5.41, 5.74) is 6.05. The maximum Gasteiger partial charge on any atom is 0.200 e. The third-order valence-corrected chi connectivity index (χ3v) is 9.45. The zero-order valence-corrected chi connectivity index (χ0v) is 25.7. The highest BCUT2D eigenvalue weighted by molar-refractivity contribution is 5.82. The van der Waals surface area contributed by atoms with Crippen molar-refractivity contribution in [1.82, 2.24) is 0 Å². The summed E-state index contributed by atoms with van der Waals surface area (Å²) in [6.07, 6.45) is 7.15. The van der Waals surface area contributed by atoms with Crippen molar-refractivity contribution in [2.75, 3.05) is 14.2 Å². The normalized spacial score (nSPS) is 21.4. The van der Waals surface area contributed by atoms with Gasteiger partial charge in [-0.15, -0.1) is 0 Å². The van der Waals surface area contributed by atoms with Crippen molar-refractivity contribution >= 4 is 0 Å². The quantitative estimate of drug-likeness (QED) is 0.249. The molecule has 3 aliphatic rings. The zero-order chi connectivity index (χ0) is 30.2. The van der Waals surface area contributed by atoms with E-state index in [0.29, 0.717) is 40.9 Å². The Balaban J connectivity index is 1.39. The molecule has 43 heavy (non-hydrogen) atoms. The van der Waals surface area contributed by atoms with Gasteiger partial charge in [-0.3, -0.25) is 0 Å². The molecule has 3 atom stereocenters. The second-order valence-corrected chi connectivity index (χ2v) is 12.8. The molecule has 0 radical (unpaired) electrons. The molecule has 1 saturated carbocycles. The Morgan fingerprint density at radius 3 is 2.35 bits per heavy atom. The van der Waals surface area contributed by atoms with E-state index in [-0.39, 0.29) is 23.5 Å². The Labute approximate surface area is 254 Å². The van der Waals surface area contributed by atoms with Crippen LogP contribution in [0.1, 0.15) is 93.1 Å². The molecule has 0 unspecified atom stereocenters. The Morgan fingerprint density at radius 1 is 0.884 bits per heavy atom. The van der Waals surface area contributed by atoms with Crippen molar-refractivity contribution < 1.29 is 34.3 Å². The summed E-state index contributed by atoms with van der Waals surface area (Å²) in [5, 5.41) is 32.8. The number of benzene rings is 3. The van der Waals surface area contributed by atoms with Crippen LogP contribution in [0.3, 0.4) is 0 Å². The number of aromatic hydroxyl groups is 2. The number of fused-ring (bicyclic) bond motifs is 5. The highest BCUT2D eigenvalue weighted by Crippen LogP contribution is 2.53. The SMILES string of the molecule is COc1cc([C@@H]2Oc3cc(OC)c4c(c3C[C@H]2O)C[C@H](CCC(C)C)c2cc(O)ccc2-4)cc(OC2CCCCC2)c1O. The molecule has 6 rings (SSSR count). The van der Waals surface area contributed by atoms with Crippen LogP contribution in [0, 0.1) is 5.92 Å². The summed E-state index contributed by atoms with van der Waals surface area (Å²) in [4.78, 5) is 0. The molecule has 0 saturated heterocycles. The minimum Gasteiger partial charge on any atom is -0.508 e. The Bertz CT molecular complexity index is 1470. The summed E-state index contributed by atoms with van der Waals surface area (Å²) < 4.78 is 24.3. The second-order valence-electron chi connectivity index (χ2n) is 12.8. The number of rotatable bonds is 8. The lowest BCUT2D eigenvalue weighted by Gasteiger charge is -2.37. The lowest BCUT2D eigenvalue weighted by Crippen LogP contribution is -2.32. The summed E-state index contributed by atoms with van der Waals surface area (Å²) in [7, 11) is 3.18. The monoisotopic (exact) mass is 588 g/mol. The van der Waals surface area contributed by atoms with Gasteiger partial charge in [0.1, 0.15) is 17.2 Å². The first-order valence-electron chi connectivity index (χ1n) is 15.8. The predicted molar refractivity (Wildman–Crippen MR) is 166 cm³/mol. The molecule has 0 aromatic heterocycles. The molecule has 0 spiro atoms. The van der Waals surface area contributed by atoms with Gasteiger partial charge in [0.15, 0.2) is 17.6 Å². The van der Waals surface area contributed by atoms with E-state index in [4.69, 9.17) is 18.9 Å². The number of hydrogen-bond acceptors (Lipinski definition) is 7. The van der Waals surface area contributed by atoms with Crippen molar-refractivity contribution in [3.8, 4) is 45.6 Å². The van der Waals surface area contributed by atoms with Crippen LogP contribution in [0.25, 0.3) is 11.1 Å². The van der Waals surface area contributed by atoms with Gasteiger partial charge in [0.25, 0.3) is 0 Å². The van der Waals surface area contributed by atoms with E-state index < -0.39 is 12.2 Å². The van der Waals surface area contributed by atoms with Crippen LogP contribution in [0.5, 0.6) is 34.5 Å². The van der Waals surface area contributed by atoms with Gasteiger partial charge in [0.2, 0.25) is 5.75 Å². The van der Waals surface area contributed by atoms with Gasteiger partial charge in [-0.25, -0.2) is 0 Å². The molecule has 230 valence electrons. The predicted octanol–water partition coefficient (Wildman–Crippen LogP) is 7.61. The molecule has 3 aromatic carbocycles. The van der Waals surface area contributed by atoms with E-state index in [0.717, 1.165) is 72.8 Å². The van der Waals surface area contributed by atoms with Crippen LogP contribution in [-0.2, 0) is 12.8 Å². The van der Waals surface area contributed by atoms with Gasteiger partial charge >= 0.3 is 0 Å². The smallest absolute Gasteiger partial charge is 0.200 e. The average molecular weight is 589 g/mol. The van der Waals surface area contributed by atoms with Crippen LogP contribution >= 0.6 is 0 Å². The molecule has 1 aliphatic heterocycles. The fourth-order valence-corrected chi connectivity index (χ4v) is 7.20. The van der Waals surface area contributed by atoms with Crippen LogP contribution < -0.4 is 18.9 Å². The summed E-state index contributed by atoms with van der Waals surface area (Å²) in [5.74, 6) is 3.10. The number of aliphatic hydroxyl groups excluding tert-OH is 1. The van der Waals surface area contributed by atoms with Crippen LogP contribution in [0.4, 0.5) is 0 Å². The van der Waals surface area contributed by atoms with Crippen LogP contribution in [0.15, 0.2) is 36.4 Å². The fraction of sp³-hybridized carbons (Fsp3) is 0.500. The van der Waals surface area contributed by atoms with Gasteiger partial charge in [-0.05, 0) is 91.3 Å². The Kier molecular flexibility index (Phi) is 8.36. The van der Waals surface area contributed by atoms with Gasteiger partial charge in [0.05, 0.1) is 26.4 Å². The Hall–Kier alpha value is -3.58.